The number of rotatable bonds is 7. The monoisotopic (exact) mass is 307 g/mol. The lowest BCUT2D eigenvalue weighted by molar-refractivity contribution is 0.0290. The van der Waals surface area contributed by atoms with E-state index in [9.17, 15) is 5.11 Å². The van der Waals surface area contributed by atoms with Gasteiger partial charge in [-0.3, -0.25) is 0 Å². The minimum Gasteiger partial charge on any atom is -0.493 e. The number of piperidine rings is 1. The predicted molar refractivity (Wildman–Crippen MR) is 88.7 cm³/mol. The SMILES string of the molecule is CCCOc1ccc(CC2CN(CC)CCC2O)cc1OC. The van der Waals surface area contributed by atoms with Gasteiger partial charge in [0.2, 0.25) is 0 Å². The second-order valence-corrected chi connectivity index (χ2v) is 6.05. The van der Waals surface area contributed by atoms with Crippen LogP contribution in [0.15, 0.2) is 18.2 Å². The number of aliphatic hydroxyl groups excluding tert-OH is 1. The summed E-state index contributed by atoms with van der Waals surface area (Å²) in [6.07, 6.45) is 2.52. The molecule has 0 saturated carbocycles. The Bertz CT molecular complexity index is 464. The first kappa shape index (κ1) is 17.1. The van der Waals surface area contributed by atoms with Gasteiger partial charge in [-0.2, -0.15) is 0 Å². The van der Waals surface area contributed by atoms with Crippen LogP contribution >= 0.6 is 0 Å². The smallest absolute Gasteiger partial charge is 0.161 e. The fourth-order valence-corrected chi connectivity index (χ4v) is 3.06. The highest BCUT2D eigenvalue weighted by atomic mass is 16.5. The molecule has 22 heavy (non-hydrogen) atoms. The van der Waals surface area contributed by atoms with Crippen molar-refractivity contribution in [2.24, 2.45) is 5.92 Å². The Kier molecular flexibility index (Phi) is 6.52. The van der Waals surface area contributed by atoms with Crippen molar-refractivity contribution in [1.29, 1.82) is 0 Å². The molecule has 0 aromatic heterocycles. The Morgan fingerprint density at radius 2 is 2.09 bits per heavy atom. The van der Waals surface area contributed by atoms with Gasteiger partial charge in [-0.15, -0.1) is 0 Å². The molecule has 0 radical (unpaired) electrons. The van der Waals surface area contributed by atoms with E-state index in [1.165, 1.54) is 5.56 Å². The molecule has 1 aromatic carbocycles. The van der Waals surface area contributed by atoms with E-state index >= 15 is 0 Å². The maximum absolute atomic E-state index is 10.3. The van der Waals surface area contributed by atoms with Crippen molar-refractivity contribution in [1.82, 2.24) is 4.90 Å². The summed E-state index contributed by atoms with van der Waals surface area (Å²) < 4.78 is 11.1. The van der Waals surface area contributed by atoms with Gasteiger partial charge in [-0.25, -0.2) is 0 Å². The molecular weight excluding hydrogens is 278 g/mol. The fraction of sp³-hybridized carbons (Fsp3) is 0.667. The molecular formula is C18H29NO3. The van der Waals surface area contributed by atoms with E-state index in [2.05, 4.69) is 24.8 Å². The molecule has 0 amide bonds. The molecule has 4 heteroatoms. The van der Waals surface area contributed by atoms with Crippen molar-refractivity contribution < 1.29 is 14.6 Å². The number of nitrogens with zero attached hydrogens (tertiary/aromatic N) is 1. The van der Waals surface area contributed by atoms with Crippen LogP contribution in [-0.4, -0.2) is 49.5 Å². The zero-order chi connectivity index (χ0) is 15.9. The first-order valence-corrected chi connectivity index (χ1v) is 8.38. The molecule has 1 saturated heterocycles. The van der Waals surface area contributed by atoms with Gasteiger partial charge in [0.1, 0.15) is 0 Å². The van der Waals surface area contributed by atoms with Crippen LogP contribution in [0.2, 0.25) is 0 Å². The van der Waals surface area contributed by atoms with Crippen molar-refractivity contribution in [2.75, 3.05) is 33.4 Å². The number of hydrogen-bond acceptors (Lipinski definition) is 4. The zero-order valence-corrected chi connectivity index (χ0v) is 14.0. The standard InChI is InChI=1S/C18H29NO3/c1-4-10-22-17-7-6-14(12-18(17)21-3)11-15-13-19(5-2)9-8-16(15)20/h6-7,12,15-16,20H,4-5,8-11,13H2,1-3H3. The largest absolute Gasteiger partial charge is 0.493 e. The van der Waals surface area contributed by atoms with Gasteiger partial charge >= 0.3 is 0 Å². The van der Waals surface area contributed by atoms with Gasteiger partial charge in [0.25, 0.3) is 0 Å². The predicted octanol–water partition coefficient (Wildman–Crippen LogP) is 2.73. The zero-order valence-electron chi connectivity index (χ0n) is 14.0. The van der Waals surface area contributed by atoms with E-state index in [-0.39, 0.29) is 6.10 Å². The van der Waals surface area contributed by atoms with Gasteiger partial charge in [0, 0.05) is 19.0 Å². The van der Waals surface area contributed by atoms with E-state index < -0.39 is 0 Å². The molecule has 1 aromatic rings. The first-order chi connectivity index (χ1) is 10.7. The van der Waals surface area contributed by atoms with Gasteiger partial charge in [-0.1, -0.05) is 19.9 Å². The molecule has 2 atom stereocenters. The number of likely N-dealkylation sites (tertiary alicyclic amines) is 1. The average Bonchev–Trinajstić information content (AvgIpc) is 2.55. The molecule has 4 nitrogen and oxygen atoms in total. The lowest BCUT2D eigenvalue weighted by Crippen LogP contribution is -2.43. The van der Waals surface area contributed by atoms with Gasteiger partial charge in [-0.05, 0) is 43.5 Å². The van der Waals surface area contributed by atoms with Crippen LogP contribution in [0.5, 0.6) is 11.5 Å². The van der Waals surface area contributed by atoms with Crippen LogP contribution in [-0.2, 0) is 6.42 Å². The highest BCUT2D eigenvalue weighted by Crippen LogP contribution is 2.30. The molecule has 2 unspecified atom stereocenters. The number of aliphatic hydroxyl groups is 1. The second-order valence-electron chi connectivity index (χ2n) is 6.05. The Labute approximate surface area is 134 Å². The maximum atomic E-state index is 10.3. The second kappa shape index (κ2) is 8.39. The van der Waals surface area contributed by atoms with Crippen LogP contribution in [0.25, 0.3) is 0 Å². The van der Waals surface area contributed by atoms with Crippen LogP contribution in [0, 0.1) is 5.92 Å². The molecule has 1 aliphatic rings. The van der Waals surface area contributed by atoms with Crippen molar-refractivity contribution in [3.8, 4) is 11.5 Å². The van der Waals surface area contributed by atoms with Gasteiger partial charge in [0.05, 0.1) is 19.8 Å². The third-order valence-corrected chi connectivity index (χ3v) is 4.41. The van der Waals surface area contributed by atoms with Crippen LogP contribution in [0.3, 0.4) is 0 Å². The van der Waals surface area contributed by atoms with E-state index in [0.717, 1.165) is 50.4 Å². The van der Waals surface area contributed by atoms with Crippen LogP contribution in [0.1, 0.15) is 32.3 Å². The van der Waals surface area contributed by atoms with E-state index in [0.29, 0.717) is 12.5 Å². The number of methoxy groups -OCH3 is 1. The minimum atomic E-state index is -0.204. The molecule has 0 aliphatic carbocycles. The minimum absolute atomic E-state index is 0.204. The molecule has 1 heterocycles. The summed E-state index contributed by atoms with van der Waals surface area (Å²) in [4.78, 5) is 2.41. The van der Waals surface area contributed by atoms with Crippen molar-refractivity contribution in [3.63, 3.8) is 0 Å². The van der Waals surface area contributed by atoms with Crippen LogP contribution < -0.4 is 9.47 Å². The first-order valence-electron chi connectivity index (χ1n) is 8.38. The summed E-state index contributed by atoms with van der Waals surface area (Å²) in [5, 5.41) is 10.3. The lowest BCUT2D eigenvalue weighted by atomic mass is 9.88. The highest BCUT2D eigenvalue weighted by molar-refractivity contribution is 5.43. The lowest BCUT2D eigenvalue weighted by Gasteiger charge is -2.35. The molecule has 1 aliphatic heterocycles. The average molecular weight is 307 g/mol. The van der Waals surface area contributed by atoms with Gasteiger partial charge < -0.3 is 19.5 Å². The molecule has 0 bridgehead atoms. The summed E-state index contributed by atoms with van der Waals surface area (Å²) in [7, 11) is 1.67. The quantitative estimate of drug-likeness (QED) is 0.841. The summed E-state index contributed by atoms with van der Waals surface area (Å²) in [6.45, 7) is 7.98. The van der Waals surface area contributed by atoms with Crippen molar-refractivity contribution in [2.45, 2.75) is 39.2 Å². The number of ether oxygens (including phenoxy) is 2. The summed E-state index contributed by atoms with van der Waals surface area (Å²) in [5.74, 6) is 1.87. The van der Waals surface area contributed by atoms with E-state index in [1.807, 2.05) is 12.1 Å². The molecule has 124 valence electrons. The molecule has 2 rings (SSSR count). The van der Waals surface area contributed by atoms with Crippen LogP contribution in [0.4, 0.5) is 0 Å². The Hall–Kier alpha value is -1.26. The summed E-state index contributed by atoms with van der Waals surface area (Å²) in [5.41, 5.74) is 1.20. The Balaban J connectivity index is 2.05. The highest BCUT2D eigenvalue weighted by Gasteiger charge is 2.27. The number of benzene rings is 1. The van der Waals surface area contributed by atoms with Crippen molar-refractivity contribution >= 4 is 0 Å². The summed E-state index contributed by atoms with van der Waals surface area (Å²) >= 11 is 0. The third kappa shape index (κ3) is 4.37. The maximum Gasteiger partial charge on any atom is 0.161 e. The fourth-order valence-electron chi connectivity index (χ4n) is 3.06. The molecule has 1 N–H and O–H groups in total. The Morgan fingerprint density at radius 3 is 2.77 bits per heavy atom. The van der Waals surface area contributed by atoms with Gasteiger partial charge in [0.15, 0.2) is 11.5 Å². The summed E-state index contributed by atoms with van der Waals surface area (Å²) in [6, 6.07) is 6.12. The van der Waals surface area contributed by atoms with E-state index in [1.54, 1.807) is 7.11 Å². The molecule has 1 fully saturated rings. The third-order valence-electron chi connectivity index (χ3n) is 4.41. The molecule has 0 spiro atoms. The van der Waals surface area contributed by atoms with E-state index in [4.69, 9.17) is 9.47 Å². The number of hydrogen-bond donors (Lipinski definition) is 1. The topological polar surface area (TPSA) is 41.9 Å². The Morgan fingerprint density at radius 1 is 1.27 bits per heavy atom. The normalized spacial score (nSPS) is 22.5. The van der Waals surface area contributed by atoms with Crippen molar-refractivity contribution in [3.05, 3.63) is 23.8 Å².